The highest BCUT2D eigenvalue weighted by Crippen LogP contribution is 2.19. The summed E-state index contributed by atoms with van der Waals surface area (Å²) in [5.74, 6) is 0.799. The van der Waals surface area contributed by atoms with Crippen molar-refractivity contribution in [3.8, 4) is 0 Å². The van der Waals surface area contributed by atoms with Gasteiger partial charge in [-0.15, -0.1) is 5.10 Å². The lowest BCUT2D eigenvalue weighted by Crippen LogP contribution is -2.45. The standard InChI is InChI=1S/C20H24N6O2/c1-2-16-10-6-7-12-24(16)18(27)14-26-20(28)25-13-11-17(22-19(25)23-26)21-15-8-4-3-5-9-15/h3-5,8-9,11,13,16H,2,6-7,10,12,14H2,1H3,(H,21,22,23). The molecule has 8 heteroatoms. The number of rotatable bonds is 5. The van der Waals surface area contributed by atoms with Crippen LogP contribution in [0.1, 0.15) is 32.6 Å². The molecular weight excluding hydrogens is 356 g/mol. The summed E-state index contributed by atoms with van der Waals surface area (Å²) in [6.07, 6.45) is 5.75. The summed E-state index contributed by atoms with van der Waals surface area (Å²) in [5, 5.41) is 7.45. The van der Waals surface area contributed by atoms with E-state index in [9.17, 15) is 9.59 Å². The summed E-state index contributed by atoms with van der Waals surface area (Å²) in [5.41, 5.74) is 0.541. The van der Waals surface area contributed by atoms with Crippen LogP contribution in [0.4, 0.5) is 11.5 Å². The van der Waals surface area contributed by atoms with Crippen molar-refractivity contribution in [2.75, 3.05) is 11.9 Å². The van der Waals surface area contributed by atoms with Crippen LogP contribution < -0.4 is 11.0 Å². The van der Waals surface area contributed by atoms with Gasteiger partial charge in [-0.25, -0.2) is 13.9 Å². The quantitative estimate of drug-likeness (QED) is 0.735. The molecule has 1 atom stereocenters. The number of amides is 1. The van der Waals surface area contributed by atoms with Crippen LogP contribution in [0, 0.1) is 0 Å². The number of aromatic nitrogens is 4. The van der Waals surface area contributed by atoms with Gasteiger partial charge >= 0.3 is 5.69 Å². The molecular formula is C20H24N6O2. The zero-order valence-electron chi connectivity index (χ0n) is 15.9. The highest BCUT2D eigenvalue weighted by Gasteiger charge is 2.26. The second-order valence-electron chi connectivity index (χ2n) is 7.06. The van der Waals surface area contributed by atoms with E-state index in [-0.39, 0.29) is 30.0 Å². The van der Waals surface area contributed by atoms with Gasteiger partial charge in [0.25, 0.3) is 5.78 Å². The second kappa shape index (κ2) is 7.84. The minimum absolute atomic E-state index is 0.0554. The van der Waals surface area contributed by atoms with Crippen molar-refractivity contribution in [2.45, 2.75) is 45.2 Å². The van der Waals surface area contributed by atoms with Gasteiger partial charge < -0.3 is 10.2 Å². The number of hydrogen-bond acceptors (Lipinski definition) is 5. The maximum atomic E-state index is 12.8. The summed E-state index contributed by atoms with van der Waals surface area (Å²) in [7, 11) is 0. The van der Waals surface area contributed by atoms with Gasteiger partial charge in [0.1, 0.15) is 12.4 Å². The second-order valence-corrected chi connectivity index (χ2v) is 7.06. The van der Waals surface area contributed by atoms with Crippen molar-refractivity contribution < 1.29 is 4.79 Å². The van der Waals surface area contributed by atoms with Crippen LogP contribution in [-0.2, 0) is 11.3 Å². The Morgan fingerprint density at radius 2 is 2.04 bits per heavy atom. The van der Waals surface area contributed by atoms with E-state index in [2.05, 4.69) is 22.3 Å². The summed E-state index contributed by atoms with van der Waals surface area (Å²) in [4.78, 5) is 31.7. The number of carbonyl (C=O) groups excluding carboxylic acids is 1. The maximum Gasteiger partial charge on any atom is 0.352 e. The van der Waals surface area contributed by atoms with E-state index < -0.39 is 0 Å². The fraction of sp³-hybridized carbons (Fsp3) is 0.400. The van der Waals surface area contributed by atoms with Crippen LogP contribution in [0.25, 0.3) is 5.78 Å². The molecule has 1 fully saturated rings. The topological polar surface area (TPSA) is 84.5 Å². The van der Waals surface area contributed by atoms with E-state index >= 15 is 0 Å². The first-order valence-electron chi connectivity index (χ1n) is 9.73. The SMILES string of the molecule is CCC1CCCCN1C(=O)Cn1nc2nc(Nc3ccccc3)ccn2c1=O. The van der Waals surface area contributed by atoms with E-state index in [0.29, 0.717) is 5.82 Å². The van der Waals surface area contributed by atoms with Gasteiger partial charge in [-0.3, -0.25) is 4.79 Å². The molecule has 3 aromatic rings. The molecule has 1 N–H and O–H groups in total. The average Bonchev–Trinajstić information content (AvgIpc) is 3.03. The van der Waals surface area contributed by atoms with E-state index in [4.69, 9.17) is 0 Å². The lowest BCUT2D eigenvalue weighted by molar-refractivity contribution is -0.135. The summed E-state index contributed by atoms with van der Waals surface area (Å²) in [6, 6.07) is 11.6. The van der Waals surface area contributed by atoms with Crippen molar-refractivity contribution in [1.82, 2.24) is 24.1 Å². The molecule has 1 unspecified atom stereocenters. The van der Waals surface area contributed by atoms with Crippen LogP contribution in [-0.4, -0.2) is 42.6 Å². The number of fused-ring (bicyclic) bond motifs is 1. The molecule has 28 heavy (non-hydrogen) atoms. The Balaban J connectivity index is 1.55. The highest BCUT2D eigenvalue weighted by molar-refractivity contribution is 5.76. The molecule has 8 nitrogen and oxygen atoms in total. The predicted octanol–water partition coefficient (Wildman–Crippen LogP) is 2.43. The minimum Gasteiger partial charge on any atom is -0.340 e. The number of para-hydroxylation sites is 1. The molecule has 1 saturated heterocycles. The third-order valence-electron chi connectivity index (χ3n) is 5.20. The van der Waals surface area contributed by atoms with Crippen LogP contribution in [0.5, 0.6) is 0 Å². The van der Waals surface area contributed by atoms with Gasteiger partial charge in [0.15, 0.2) is 0 Å². The fourth-order valence-electron chi connectivity index (χ4n) is 3.72. The molecule has 1 aliphatic heterocycles. The van der Waals surface area contributed by atoms with Crippen molar-refractivity contribution >= 4 is 23.2 Å². The zero-order chi connectivity index (χ0) is 19.5. The molecule has 0 saturated carbocycles. The number of nitrogens with one attached hydrogen (secondary N) is 1. The molecule has 1 aliphatic rings. The van der Waals surface area contributed by atoms with Gasteiger partial charge in [0.2, 0.25) is 5.91 Å². The first-order chi connectivity index (χ1) is 13.7. The Hall–Kier alpha value is -3.16. The van der Waals surface area contributed by atoms with Crippen molar-refractivity contribution in [3.05, 3.63) is 53.1 Å². The van der Waals surface area contributed by atoms with E-state index in [1.165, 1.54) is 9.08 Å². The Morgan fingerprint density at radius 1 is 1.21 bits per heavy atom. The Labute approximate surface area is 162 Å². The monoisotopic (exact) mass is 380 g/mol. The average molecular weight is 380 g/mol. The fourth-order valence-corrected chi connectivity index (χ4v) is 3.72. The van der Waals surface area contributed by atoms with E-state index in [1.54, 1.807) is 12.3 Å². The highest BCUT2D eigenvalue weighted by atomic mass is 16.2. The molecule has 1 amide bonds. The van der Waals surface area contributed by atoms with Crippen molar-refractivity contribution in [3.63, 3.8) is 0 Å². The molecule has 2 aromatic heterocycles. The van der Waals surface area contributed by atoms with E-state index in [1.807, 2.05) is 35.2 Å². The van der Waals surface area contributed by atoms with Gasteiger partial charge in [-0.05, 0) is 43.9 Å². The lowest BCUT2D eigenvalue weighted by Gasteiger charge is -2.35. The lowest BCUT2D eigenvalue weighted by atomic mass is 10.00. The van der Waals surface area contributed by atoms with Crippen LogP contribution in [0.15, 0.2) is 47.4 Å². The summed E-state index contributed by atoms with van der Waals surface area (Å²) < 4.78 is 2.56. The molecule has 3 heterocycles. The molecule has 0 bridgehead atoms. The number of likely N-dealkylation sites (tertiary alicyclic amines) is 1. The third kappa shape index (κ3) is 3.62. The number of hydrogen-bond donors (Lipinski definition) is 1. The molecule has 4 rings (SSSR count). The third-order valence-corrected chi connectivity index (χ3v) is 5.20. The Kier molecular flexibility index (Phi) is 5.10. The normalized spacial score (nSPS) is 17.0. The maximum absolute atomic E-state index is 12.8. The number of piperidine rings is 1. The van der Waals surface area contributed by atoms with Gasteiger partial charge in [0, 0.05) is 24.5 Å². The number of benzene rings is 1. The molecule has 0 spiro atoms. The van der Waals surface area contributed by atoms with Gasteiger partial charge in [-0.1, -0.05) is 25.1 Å². The smallest absolute Gasteiger partial charge is 0.340 e. The van der Waals surface area contributed by atoms with Crippen LogP contribution in [0.2, 0.25) is 0 Å². The minimum atomic E-state index is -0.354. The number of nitrogens with zero attached hydrogens (tertiary/aromatic N) is 5. The Bertz CT molecular complexity index is 1030. The first-order valence-corrected chi connectivity index (χ1v) is 9.73. The predicted molar refractivity (Wildman–Crippen MR) is 107 cm³/mol. The molecule has 0 aliphatic carbocycles. The van der Waals surface area contributed by atoms with E-state index in [0.717, 1.165) is 37.9 Å². The Morgan fingerprint density at radius 3 is 2.82 bits per heavy atom. The molecule has 1 aromatic carbocycles. The summed E-state index contributed by atoms with van der Waals surface area (Å²) >= 11 is 0. The van der Waals surface area contributed by atoms with Crippen LogP contribution >= 0.6 is 0 Å². The van der Waals surface area contributed by atoms with Crippen LogP contribution in [0.3, 0.4) is 0 Å². The summed E-state index contributed by atoms with van der Waals surface area (Å²) in [6.45, 7) is 2.79. The first kappa shape index (κ1) is 18.2. The molecule has 146 valence electrons. The van der Waals surface area contributed by atoms with Gasteiger partial charge in [0.05, 0.1) is 0 Å². The molecule has 0 radical (unpaired) electrons. The number of anilines is 2. The largest absolute Gasteiger partial charge is 0.352 e. The zero-order valence-corrected chi connectivity index (χ0v) is 15.9. The number of carbonyl (C=O) groups is 1. The van der Waals surface area contributed by atoms with Crippen molar-refractivity contribution in [1.29, 1.82) is 0 Å². The van der Waals surface area contributed by atoms with Crippen molar-refractivity contribution in [2.24, 2.45) is 0 Å². The van der Waals surface area contributed by atoms with Gasteiger partial charge in [-0.2, -0.15) is 4.98 Å².